The highest BCUT2D eigenvalue weighted by molar-refractivity contribution is 7.85. The van der Waals surface area contributed by atoms with E-state index in [1.165, 1.54) is 34.5 Å². The lowest BCUT2D eigenvalue weighted by atomic mass is 10.1. The highest BCUT2D eigenvalue weighted by Gasteiger charge is 2.15. The number of hydrogen-bond donors (Lipinski definition) is 3. The molecule has 1 aromatic heterocycles. The monoisotopic (exact) mass is 534 g/mol. The fourth-order valence-electron chi connectivity index (χ4n) is 3.94. The van der Waals surface area contributed by atoms with Gasteiger partial charge < -0.3 is 5.73 Å². The molecule has 200 valence electrons. The number of nitrogens with one attached hydrogen (secondary N) is 1. The van der Waals surface area contributed by atoms with Crippen LogP contribution >= 0.6 is 0 Å². The molecule has 0 unspecified atom stereocenters. The van der Waals surface area contributed by atoms with Crippen molar-refractivity contribution in [2.75, 3.05) is 5.73 Å². The molecule has 3 aromatic carbocycles. The van der Waals surface area contributed by atoms with E-state index in [4.69, 9.17) is 10.3 Å². The van der Waals surface area contributed by atoms with Crippen LogP contribution in [0, 0.1) is 0 Å². The van der Waals surface area contributed by atoms with Gasteiger partial charge in [-0.05, 0) is 66.8 Å². The second-order valence-corrected chi connectivity index (χ2v) is 10.1. The van der Waals surface area contributed by atoms with Crippen LogP contribution in [0.5, 0.6) is 0 Å². The van der Waals surface area contributed by atoms with Crippen molar-refractivity contribution in [3.63, 3.8) is 0 Å². The summed E-state index contributed by atoms with van der Waals surface area (Å²) in [5.74, 6) is 0. The first-order chi connectivity index (χ1) is 18.2. The number of aryl methyl sites for hydroxylation is 3. The fraction of sp³-hybridized carbons (Fsp3) is 0.241. The first kappa shape index (κ1) is 28.6. The van der Waals surface area contributed by atoms with Crippen LogP contribution in [0.3, 0.4) is 0 Å². The van der Waals surface area contributed by atoms with Crippen molar-refractivity contribution < 1.29 is 13.0 Å². The zero-order valence-electron chi connectivity index (χ0n) is 21.9. The third-order valence-corrected chi connectivity index (χ3v) is 6.91. The Kier molecular flexibility index (Phi) is 9.81. The maximum Gasteiger partial charge on any atom is 0.294 e. The predicted molar refractivity (Wildman–Crippen MR) is 154 cm³/mol. The number of aromatic amines is 1. The Labute approximate surface area is 223 Å². The highest BCUT2D eigenvalue weighted by Crippen LogP contribution is 2.19. The number of nitrogens with zero attached hydrogens (tertiary/aromatic N) is 2. The molecule has 0 aliphatic carbocycles. The number of aliphatic imine (C=N–C) groups is 1. The Balaban J connectivity index is 0.000000375. The van der Waals surface area contributed by atoms with Crippen LogP contribution in [0.1, 0.15) is 49.6 Å². The largest absolute Gasteiger partial charge is 0.399 e. The fourth-order valence-corrected chi connectivity index (χ4v) is 4.42. The van der Waals surface area contributed by atoms with Gasteiger partial charge in [-0.1, -0.05) is 63.6 Å². The number of benzene rings is 3. The van der Waals surface area contributed by atoms with E-state index in [2.05, 4.69) is 30.0 Å². The minimum Gasteiger partial charge on any atom is -0.399 e. The maximum absolute atomic E-state index is 13.0. The van der Waals surface area contributed by atoms with Crippen molar-refractivity contribution in [2.24, 2.45) is 4.99 Å². The standard InChI is InChI=1S/C21H23N3O4S.C8H11N/c1-3-7-20-18(14-22-19-9-6-5-8-15(19)4-2)21(25)24(23-20)16-10-12-17(13-11-16)29(26,27)28;1-2-7-5-3-4-6-8(7)9/h5-6,8-14,23H,3-4,7H2,1-2H3,(H,26,27,28);3-6H,2,9H2,1H3. The molecule has 8 nitrogen and oxygen atoms in total. The molecular weight excluding hydrogens is 500 g/mol. The predicted octanol–water partition coefficient (Wildman–Crippen LogP) is 5.51. The zero-order chi connectivity index (χ0) is 27.7. The molecule has 38 heavy (non-hydrogen) atoms. The van der Waals surface area contributed by atoms with Gasteiger partial charge in [0.15, 0.2) is 0 Å². The second-order valence-electron chi connectivity index (χ2n) is 8.66. The van der Waals surface area contributed by atoms with E-state index in [1.54, 1.807) is 6.21 Å². The summed E-state index contributed by atoms with van der Waals surface area (Å²) in [5.41, 5.74) is 11.1. The van der Waals surface area contributed by atoms with Crippen molar-refractivity contribution in [3.05, 3.63) is 106 Å². The van der Waals surface area contributed by atoms with Gasteiger partial charge in [0.2, 0.25) is 0 Å². The molecule has 0 bridgehead atoms. The van der Waals surface area contributed by atoms with Gasteiger partial charge in [-0.2, -0.15) is 8.42 Å². The van der Waals surface area contributed by atoms with Crippen molar-refractivity contribution in [2.45, 2.75) is 51.3 Å². The summed E-state index contributed by atoms with van der Waals surface area (Å²) in [6, 6.07) is 21.2. The van der Waals surface area contributed by atoms with E-state index in [9.17, 15) is 13.2 Å². The number of hydrogen-bond acceptors (Lipinski definition) is 5. The summed E-state index contributed by atoms with van der Waals surface area (Å²) in [6.07, 6.45) is 4.96. The molecule has 4 aromatic rings. The van der Waals surface area contributed by atoms with E-state index < -0.39 is 10.1 Å². The maximum atomic E-state index is 13.0. The Morgan fingerprint density at radius 3 is 2.08 bits per heavy atom. The van der Waals surface area contributed by atoms with Crippen molar-refractivity contribution in [1.29, 1.82) is 0 Å². The Hall–Kier alpha value is -3.95. The van der Waals surface area contributed by atoms with Gasteiger partial charge in [0.05, 0.1) is 21.8 Å². The average molecular weight is 535 g/mol. The van der Waals surface area contributed by atoms with Gasteiger partial charge in [0.1, 0.15) is 0 Å². The van der Waals surface area contributed by atoms with E-state index in [1.807, 2.05) is 49.4 Å². The van der Waals surface area contributed by atoms with Crippen LogP contribution in [-0.2, 0) is 29.4 Å². The number of aromatic nitrogens is 2. The van der Waals surface area contributed by atoms with Gasteiger partial charge in [0.25, 0.3) is 15.7 Å². The van der Waals surface area contributed by atoms with Gasteiger partial charge in [-0.3, -0.25) is 19.4 Å². The Morgan fingerprint density at radius 1 is 0.921 bits per heavy atom. The highest BCUT2D eigenvalue weighted by atomic mass is 32.2. The lowest BCUT2D eigenvalue weighted by Gasteiger charge is -2.03. The molecule has 1 heterocycles. The number of nitrogen functional groups attached to an aromatic ring is 1. The van der Waals surface area contributed by atoms with Crippen molar-refractivity contribution in [3.8, 4) is 5.69 Å². The number of H-pyrrole nitrogens is 1. The van der Waals surface area contributed by atoms with Crippen LogP contribution in [0.4, 0.5) is 11.4 Å². The molecule has 0 saturated carbocycles. The number of anilines is 1. The number of rotatable bonds is 8. The second kappa shape index (κ2) is 13.0. The summed E-state index contributed by atoms with van der Waals surface area (Å²) in [4.78, 5) is 17.3. The first-order valence-electron chi connectivity index (χ1n) is 12.6. The molecule has 0 aliphatic heterocycles. The molecule has 0 spiro atoms. The quantitative estimate of drug-likeness (QED) is 0.156. The van der Waals surface area contributed by atoms with E-state index >= 15 is 0 Å². The first-order valence-corrected chi connectivity index (χ1v) is 14.0. The molecule has 4 N–H and O–H groups in total. The van der Waals surface area contributed by atoms with Crippen LogP contribution in [0.15, 0.2) is 87.5 Å². The summed E-state index contributed by atoms with van der Waals surface area (Å²) in [7, 11) is -4.29. The third-order valence-electron chi connectivity index (χ3n) is 6.04. The van der Waals surface area contributed by atoms with Crippen LogP contribution in [0.25, 0.3) is 5.69 Å². The normalized spacial score (nSPS) is 11.4. The molecule has 0 aliphatic rings. The van der Waals surface area contributed by atoms with Crippen LogP contribution in [-0.4, -0.2) is 29.0 Å². The van der Waals surface area contributed by atoms with Crippen LogP contribution < -0.4 is 11.3 Å². The lowest BCUT2D eigenvalue weighted by Crippen LogP contribution is -2.17. The SMILES string of the molecule is CCCc1[nH]n(-c2ccc(S(=O)(=O)O)cc2)c(=O)c1C=Nc1ccccc1CC.CCc1ccccc1N. The minimum absolute atomic E-state index is 0.229. The Morgan fingerprint density at radius 2 is 1.53 bits per heavy atom. The van der Waals surface area contributed by atoms with Crippen molar-refractivity contribution in [1.82, 2.24) is 9.78 Å². The van der Waals surface area contributed by atoms with Crippen molar-refractivity contribution >= 4 is 27.7 Å². The number of para-hydroxylation sites is 2. The van der Waals surface area contributed by atoms with Gasteiger partial charge >= 0.3 is 0 Å². The van der Waals surface area contributed by atoms with E-state index in [0.29, 0.717) is 17.7 Å². The third kappa shape index (κ3) is 7.08. The number of nitrogens with two attached hydrogens (primary N) is 1. The molecule has 0 amide bonds. The zero-order valence-corrected chi connectivity index (χ0v) is 22.7. The molecule has 0 fully saturated rings. The minimum atomic E-state index is -4.29. The summed E-state index contributed by atoms with van der Waals surface area (Å²) < 4.78 is 32.9. The average Bonchev–Trinajstić information content (AvgIpc) is 3.22. The van der Waals surface area contributed by atoms with Gasteiger partial charge in [-0.25, -0.2) is 4.68 Å². The van der Waals surface area contributed by atoms with E-state index in [-0.39, 0.29) is 10.5 Å². The van der Waals surface area contributed by atoms with E-state index in [0.717, 1.165) is 41.9 Å². The molecule has 9 heteroatoms. The summed E-state index contributed by atoms with van der Waals surface area (Å²) in [6.45, 7) is 6.17. The lowest BCUT2D eigenvalue weighted by molar-refractivity contribution is 0.483. The smallest absolute Gasteiger partial charge is 0.294 e. The summed E-state index contributed by atoms with van der Waals surface area (Å²) >= 11 is 0. The molecular formula is C29H34N4O4S. The van der Waals surface area contributed by atoms with Crippen LogP contribution in [0.2, 0.25) is 0 Å². The van der Waals surface area contributed by atoms with Gasteiger partial charge in [0, 0.05) is 17.6 Å². The molecule has 4 rings (SSSR count). The molecule has 0 radical (unpaired) electrons. The topological polar surface area (TPSA) is 131 Å². The summed E-state index contributed by atoms with van der Waals surface area (Å²) in [5, 5.41) is 3.09. The molecule has 0 atom stereocenters. The van der Waals surface area contributed by atoms with Gasteiger partial charge in [-0.15, -0.1) is 0 Å². The Bertz CT molecular complexity index is 1550. The molecule has 0 saturated heterocycles.